The van der Waals surface area contributed by atoms with Gasteiger partial charge in [-0.05, 0) is 29.8 Å². The summed E-state index contributed by atoms with van der Waals surface area (Å²) in [5.41, 5.74) is 2.96. The Kier molecular flexibility index (Phi) is 5.09. The number of aromatic nitrogens is 3. The topological polar surface area (TPSA) is 68.1 Å². The molecule has 2 heterocycles. The van der Waals surface area contributed by atoms with Crippen LogP contribution >= 0.6 is 11.8 Å². The maximum absolute atomic E-state index is 12.7. The summed E-state index contributed by atoms with van der Waals surface area (Å²) in [5, 5.41) is 9.42. The van der Waals surface area contributed by atoms with Gasteiger partial charge in [0.05, 0.1) is 17.0 Å². The van der Waals surface area contributed by atoms with Gasteiger partial charge >= 0.3 is 0 Å². The van der Waals surface area contributed by atoms with Crippen LogP contribution in [0.1, 0.15) is 32.1 Å². The van der Waals surface area contributed by atoms with E-state index in [1.807, 2.05) is 53.1 Å². The summed E-state index contributed by atoms with van der Waals surface area (Å²) in [5.74, 6) is 0.414. The van der Waals surface area contributed by atoms with Crippen LogP contribution in [0.2, 0.25) is 0 Å². The Hall–Kier alpha value is -3.71. The largest absolute Gasteiger partial charge is 0.274 e. The summed E-state index contributed by atoms with van der Waals surface area (Å²) in [6.07, 6.45) is 0.621. The number of fused-ring (bicyclic) bond motifs is 1. The normalized spacial score (nSPS) is 13.0. The molecule has 1 aromatic heterocycles. The zero-order chi connectivity index (χ0) is 21.2. The molecular weight excluding hydrogens is 408 g/mol. The molecule has 0 unspecified atom stereocenters. The molecule has 5 rings (SSSR count). The van der Waals surface area contributed by atoms with Crippen molar-refractivity contribution in [2.24, 2.45) is 0 Å². The number of rotatable bonds is 6. The van der Waals surface area contributed by atoms with Crippen LogP contribution in [0.4, 0.5) is 0 Å². The average Bonchev–Trinajstić information content (AvgIpc) is 3.32. The van der Waals surface area contributed by atoms with Crippen LogP contribution in [0.5, 0.6) is 0 Å². The van der Waals surface area contributed by atoms with E-state index in [2.05, 4.69) is 22.3 Å². The van der Waals surface area contributed by atoms with Crippen molar-refractivity contribution in [3.8, 4) is 5.69 Å². The number of imide groups is 1. The Labute approximate surface area is 183 Å². The summed E-state index contributed by atoms with van der Waals surface area (Å²) >= 11 is 1.32. The first-order chi connectivity index (χ1) is 15.2. The Morgan fingerprint density at radius 2 is 1.29 bits per heavy atom. The number of carbonyl (C=O) groups excluding carboxylic acids is 2. The third-order valence-corrected chi connectivity index (χ3v) is 6.03. The Bertz CT molecular complexity index is 1220. The number of hydrogen-bond donors (Lipinski definition) is 0. The number of benzene rings is 3. The minimum Gasteiger partial charge on any atom is -0.274 e. The van der Waals surface area contributed by atoms with E-state index in [1.165, 1.54) is 16.7 Å². The van der Waals surface area contributed by atoms with E-state index in [9.17, 15) is 9.59 Å². The number of para-hydroxylation sites is 1. The minimum absolute atomic E-state index is 0.169. The second kappa shape index (κ2) is 8.20. The first-order valence-electron chi connectivity index (χ1n) is 9.84. The van der Waals surface area contributed by atoms with Crippen molar-refractivity contribution in [1.29, 1.82) is 0 Å². The highest BCUT2D eigenvalue weighted by Crippen LogP contribution is 2.28. The highest BCUT2D eigenvalue weighted by Gasteiger charge is 2.35. The van der Waals surface area contributed by atoms with Crippen molar-refractivity contribution in [3.63, 3.8) is 0 Å². The van der Waals surface area contributed by atoms with Gasteiger partial charge < -0.3 is 0 Å². The molecule has 3 aromatic carbocycles. The number of thioether (sulfide) groups is 1. The fraction of sp³-hybridized carbons (Fsp3) is 0.0833. The van der Waals surface area contributed by atoms with Crippen molar-refractivity contribution in [3.05, 3.63) is 107 Å². The van der Waals surface area contributed by atoms with Gasteiger partial charge in [-0.2, -0.15) is 0 Å². The molecule has 0 saturated carbocycles. The van der Waals surface area contributed by atoms with Gasteiger partial charge in [0.2, 0.25) is 0 Å². The average molecular weight is 427 g/mol. The smallest absolute Gasteiger partial charge is 0.262 e. The van der Waals surface area contributed by atoms with E-state index >= 15 is 0 Å². The zero-order valence-electron chi connectivity index (χ0n) is 16.5. The first-order valence-corrected chi connectivity index (χ1v) is 10.8. The molecule has 1 aliphatic rings. The van der Waals surface area contributed by atoms with Gasteiger partial charge in [-0.15, -0.1) is 10.2 Å². The van der Waals surface area contributed by atoms with Crippen LogP contribution in [0.3, 0.4) is 0 Å². The lowest BCUT2D eigenvalue weighted by Crippen LogP contribution is -2.29. The van der Waals surface area contributed by atoms with Crippen molar-refractivity contribution < 1.29 is 9.59 Å². The fourth-order valence-corrected chi connectivity index (χ4v) is 4.52. The summed E-state index contributed by atoms with van der Waals surface area (Å²) in [6.45, 7) is 0. The molecule has 7 heteroatoms. The second-order valence-electron chi connectivity index (χ2n) is 7.09. The van der Waals surface area contributed by atoms with Gasteiger partial charge in [0, 0.05) is 12.1 Å². The Morgan fingerprint density at radius 3 is 1.94 bits per heavy atom. The summed E-state index contributed by atoms with van der Waals surface area (Å²) < 4.78 is 1.98. The molecule has 152 valence electrons. The van der Waals surface area contributed by atoms with Crippen LogP contribution in [0.15, 0.2) is 90.1 Å². The molecule has 0 bridgehead atoms. The second-order valence-corrected chi connectivity index (χ2v) is 8.00. The van der Waals surface area contributed by atoms with E-state index in [0.717, 1.165) is 17.1 Å². The third kappa shape index (κ3) is 3.64. The highest BCUT2D eigenvalue weighted by molar-refractivity contribution is 7.99. The van der Waals surface area contributed by atoms with Gasteiger partial charge in [0.15, 0.2) is 5.16 Å². The summed E-state index contributed by atoms with van der Waals surface area (Å²) in [7, 11) is 0. The molecule has 1 aliphatic heterocycles. The molecule has 0 radical (unpaired) electrons. The van der Waals surface area contributed by atoms with E-state index in [1.54, 1.807) is 24.3 Å². The number of nitrogens with zero attached hydrogens (tertiary/aromatic N) is 4. The van der Waals surface area contributed by atoms with Crippen LogP contribution in [0.25, 0.3) is 5.69 Å². The number of carbonyl (C=O) groups is 2. The molecule has 0 N–H and O–H groups in total. The van der Waals surface area contributed by atoms with Crippen LogP contribution in [-0.2, 0) is 6.42 Å². The van der Waals surface area contributed by atoms with Crippen molar-refractivity contribution in [1.82, 2.24) is 19.7 Å². The van der Waals surface area contributed by atoms with E-state index < -0.39 is 0 Å². The first kappa shape index (κ1) is 19.3. The SMILES string of the molecule is O=C1c2ccccc2C(=O)N1CSc1nnc(Cc2ccccc2)n1-c1ccccc1. The van der Waals surface area contributed by atoms with Gasteiger partial charge in [-0.3, -0.25) is 19.1 Å². The monoisotopic (exact) mass is 426 g/mol. The predicted octanol–water partition coefficient (Wildman–Crippen LogP) is 4.20. The molecule has 6 nitrogen and oxygen atoms in total. The van der Waals surface area contributed by atoms with Gasteiger partial charge in [0.1, 0.15) is 5.82 Å². The van der Waals surface area contributed by atoms with Crippen molar-refractivity contribution >= 4 is 23.6 Å². The summed E-state index contributed by atoms with van der Waals surface area (Å²) in [6, 6.07) is 26.8. The quantitative estimate of drug-likeness (QED) is 0.341. The third-order valence-electron chi connectivity index (χ3n) is 5.12. The Balaban J connectivity index is 1.43. The van der Waals surface area contributed by atoms with Crippen LogP contribution in [0, 0.1) is 0 Å². The van der Waals surface area contributed by atoms with Gasteiger partial charge in [-0.25, -0.2) is 0 Å². The lowest BCUT2D eigenvalue weighted by Gasteiger charge is -2.14. The maximum Gasteiger partial charge on any atom is 0.262 e. The minimum atomic E-state index is -0.275. The van der Waals surface area contributed by atoms with Gasteiger partial charge in [-0.1, -0.05) is 72.4 Å². The number of hydrogen-bond acceptors (Lipinski definition) is 5. The van der Waals surface area contributed by atoms with Crippen molar-refractivity contribution in [2.75, 3.05) is 5.88 Å². The standard InChI is InChI=1S/C24H18N4O2S/c29-22-19-13-7-8-14-20(19)23(30)27(22)16-31-24-26-25-21(15-17-9-3-1-4-10-17)28(24)18-11-5-2-6-12-18/h1-14H,15-16H2. The van der Waals surface area contributed by atoms with E-state index in [0.29, 0.717) is 22.7 Å². The maximum atomic E-state index is 12.7. The molecule has 0 fully saturated rings. The molecule has 4 aromatic rings. The van der Waals surface area contributed by atoms with Crippen LogP contribution < -0.4 is 0 Å². The molecule has 0 spiro atoms. The molecule has 0 aliphatic carbocycles. The highest BCUT2D eigenvalue weighted by atomic mass is 32.2. The van der Waals surface area contributed by atoms with E-state index in [-0.39, 0.29) is 17.7 Å². The molecule has 0 atom stereocenters. The zero-order valence-corrected chi connectivity index (χ0v) is 17.3. The van der Waals surface area contributed by atoms with E-state index in [4.69, 9.17) is 0 Å². The lowest BCUT2D eigenvalue weighted by molar-refractivity contribution is 0.0684. The number of amides is 2. The molecule has 0 saturated heterocycles. The molecule has 31 heavy (non-hydrogen) atoms. The summed E-state index contributed by atoms with van der Waals surface area (Å²) in [4.78, 5) is 26.6. The fourth-order valence-electron chi connectivity index (χ4n) is 3.60. The Morgan fingerprint density at radius 1 is 0.710 bits per heavy atom. The molecule has 2 amide bonds. The van der Waals surface area contributed by atoms with Crippen molar-refractivity contribution in [2.45, 2.75) is 11.6 Å². The lowest BCUT2D eigenvalue weighted by atomic mass is 10.1. The van der Waals surface area contributed by atoms with Crippen LogP contribution in [-0.4, -0.2) is 37.4 Å². The molecular formula is C24H18N4O2S. The van der Waals surface area contributed by atoms with Gasteiger partial charge in [0.25, 0.3) is 11.8 Å². The predicted molar refractivity (Wildman–Crippen MR) is 118 cm³/mol.